The summed E-state index contributed by atoms with van der Waals surface area (Å²) in [6.07, 6.45) is -3.29. The highest BCUT2D eigenvalue weighted by atomic mass is 32.1. The molecule has 1 amide bonds. The zero-order chi connectivity index (χ0) is 25.4. The van der Waals surface area contributed by atoms with Gasteiger partial charge in [-0.25, -0.2) is 9.37 Å². The molecule has 189 valence electrons. The molecule has 0 N–H and O–H groups in total. The first-order valence-corrected chi connectivity index (χ1v) is 12.3. The molecule has 1 saturated heterocycles. The molecular formula is C24H22F4N5O2S. The van der Waals surface area contributed by atoms with Crippen LogP contribution in [-0.4, -0.2) is 44.4 Å². The predicted octanol–water partition coefficient (Wildman–Crippen LogP) is 4.88. The number of thiazole rings is 1. The molecule has 36 heavy (non-hydrogen) atoms. The van der Waals surface area contributed by atoms with E-state index in [1.54, 1.807) is 17.0 Å². The van der Waals surface area contributed by atoms with Crippen LogP contribution < -0.4 is 0 Å². The number of oxime groups is 1. The Bertz CT molecular complexity index is 1290. The van der Waals surface area contributed by atoms with E-state index in [4.69, 9.17) is 9.82 Å². The van der Waals surface area contributed by atoms with Gasteiger partial charge >= 0.3 is 6.18 Å². The summed E-state index contributed by atoms with van der Waals surface area (Å²) >= 11 is 1.45. The van der Waals surface area contributed by atoms with Gasteiger partial charge in [-0.15, -0.1) is 11.3 Å². The summed E-state index contributed by atoms with van der Waals surface area (Å²) < 4.78 is 53.8. The number of halogens is 4. The van der Waals surface area contributed by atoms with Crippen molar-refractivity contribution < 1.29 is 27.2 Å². The monoisotopic (exact) mass is 520 g/mol. The van der Waals surface area contributed by atoms with Gasteiger partial charge in [-0.1, -0.05) is 17.3 Å². The Morgan fingerprint density at radius 2 is 2.08 bits per heavy atom. The molecule has 0 spiro atoms. The third-order valence-corrected chi connectivity index (χ3v) is 7.33. The highest BCUT2D eigenvalue weighted by Crippen LogP contribution is 2.34. The minimum Gasteiger partial charge on any atom is -0.387 e. The smallest absolute Gasteiger partial charge is 0.387 e. The molecule has 1 aromatic carbocycles. The van der Waals surface area contributed by atoms with Gasteiger partial charge in [0.1, 0.15) is 23.1 Å². The van der Waals surface area contributed by atoms with Crippen molar-refractivity contribution in [1.29, 1.82) is 0 Å². The average Bonchev–Trinajstić information content (AvgIpc) is 3.59. The number of rotatable bonds is 5. The van der Waals surface area contributed by atoms with Gasteiger partial charge in [-0.05, 0) is 38.0 Å². The Balaban J connectivity index is 1.16. The van der Waals surface area contributed by atoms with Gasteiger partial charge in [-0.3, -0.25) is 9.48 Å². The number of alkyl halides is 3. The second-order valence-electron chi connectivity index (χ2n) is 8.83. The zero-order valence-corrected chi connectivity index (χ0v) is 20.1. The molecule has 4 heterocycles. The van der Waals surface area contributed by atoms with E-state index in [0.29, 0.717) is 43.6 Å². The van der Waals surface area contributed by atoms with Gasteiger partial charge in [-0.2, -0.15) is 18.3 Å². The molecule has 0 aliphatic carbocycles. The van der Waals surface area contributed by atoms with Crippen molar-refractivity contribution >= 4 is 23.0 Å². The van der Waals surface area contributed by atoms with Gasteiger partial charge in [0, 0.05) is 42.1 Å². The number of aryl methyl sites for hydroxylation is 1. The van der Waals surface area contributed by atoms with Crippen LogP contribution in [0.25, 0.3) is 0 Å². The van der Waals surface area contributed by atoms with Crippen LogP contribution in [0.15, 0.2) is 34.8 Å². The molecule has 1 radical (unpaired) electrons. The number of nitrogens with zero attached hydrogens (tertiary/aromatic N) is 5. The van der Waals surface area contributed by atoms with Crippen LogP contribution in [-0.2, 0) is 22.4 Å². The minimum absolute atomic E-state index is 0.154. The van der Waals surface area contributed by atoms with E-state index in [9.17, 15) is 22.4 Å². The van der Waals surface area contributed by atoms with Crippen LogP contribution in [0, 0.1) is 18.8 Å². The third kappa shape index (κ3) is 4.99. The molecule has 2 aliphatic heterocycles. The quantitative estimate of drug-likeness (QED) is 0.450. The molecule has 7 nitrogen and oxygen atoms in total. The fourth-order valence-corrected chi connectivity index (χ4v) is 5.29. The molecule has 2 aromatic heterocycles. The van der Waals surface area contributed by atoms with Crippen molar-refractivity contribution in [3.63, 3.8) is 0 Å². The lowest BCUT2D eigenvalue weighted by Crippen LogP contribution is -2.40. The van der Waals surface area contributed by atoms with Gasteiger partial charge in [0.2, 0.25) is 5.91 Å². The minimum atomic E-state index is -4.54. The summed E-state index contributed by atoms with van der Waals surface area (Å²) in [6.45, 7) is 2.24. The van der Waals surface area contributed by atoms with Crippen LogP contribution in [0.1, 0.15) is 58.9 Å². The lowest BCUT2D eigenvalue weighted by atomic mass is 9.94. The van der Waals surface area contributed by atoms with Crippen LogP contribution >= 0.6 is 11.3 Å². The number of hydrogen-bond donors (Lipinski definition) is 0. The van der Waals surface area contributed by atoms with Crippen LogP contribution in [0.5, 0.6) is 0 Å². The van der Waals surface area contributed by atoms with E-state index in [1.807, 2.05) is 5.38 Å². The first-order valence-electron chi connectivity index (χ1n) is 11.4. The normalized spacial score (nSPS) is 18.9. The summed E-state index contributed by atoms with van der Waals surface area (Å²) in [5.41, 5.74) is 1.19. The van der Waals surface area contributed by atoms with Crippen LogP contribution in [0.2, 0.25) is 0 Å². The Labute approximate surface area is 208 Å². The average molecular weight is 521 g/mol. The Hall–Kier alpha value is -3.28. The van der Waals surface area contributed by atoms with E-state index in [1.165, 1.54) is 24.3 Å². The first-order chi connectivity index (χ1) is 17.2. The molecule has 0 saturated carbocycles. The summed E-state index contributed by atoms with van der Waals surface area (Å²) in [7, 11) is 0. The number of carbonyl (C=O) groups excluding carboxylic acids is 1. The number of hydrogen-bond acceptors (Lipinski definition) is 6. The summed E-state index contributed by atoms with van der Waals surface area (Å²) in [6, 6.07) is 8.38. The van der Waals surface area contributed by atoms with Crippen molar-refractivity contribution in [2.45, 2.75) is 50.9 Å². The van der Waals surface area contributed by atoms with Crippen LogP contribution in [0.4, 0.5) is 17.6 Å². The van der Waals surface area contributed by atoms with E-state index >= 15 is 0 Å². The fraction of sp³-hybridized carbons (Fsp3) is 0.417. The predicted molar refractivity (Wildman–Crippen MR) is 123 cm³/mol. The van der Waals surface area contributed by atoms with E-state index in [0.717, 1.165) is 21.4 Å². The Morgan fingerprint density at radius 3 is 2.78 bits per heavy atom. The third-order valence-electron chi connectivity index (χ3n) is 6.42. The largest absolute Gasteiger partial charge is 0.435 e. The van der Waals surface area contributed by atoms with E-state index < -0.39 is 18.0 Å². The highest BCUT2D eigenvalue weighted by Gasteiger charge is 2.35. The summed E-state index contributed by atoms with van der Waals surface area (Å²) in [5.74, 6) is -0.495. The van der Waals surface area contributed by atoms with Crippen LogP contribution in [0.3, 0.4) is 0 Å². The number of aromatic nitrogens is 3. The molecule has 1 atom stereocenters. The van der Waals surface area contributed by atoms with Crippen molar-refractivity contribution in [1.82, 2.24) is 19.7 Å². The highest BCUT2D eigenvalue weighted by molar-refractivity contribution is 7.11. The number of likely N-dealkylation sites (tertiary alicyclic amines) is 1. The Kier molecular flexibility index (Phi) is 6.54. The summed E-state index contributed by atoms with van der Waals surface area (Å²) in [4.78, 5) is 24.5. The maximum Gasteiger partial charge on any atom is 0.435 e. The molecule has 1 fully saturated rings. The molecule has 1 unspecified atom stereocenters. The molecule has 3 aromatic rings. The first kappa shape index (κ1) is 24.4. The second kappa shape index (κ2) is 9.64. The van der Waals surface area contributed by atoms with Gasteiger partial charge < -0.3 is 9.74 Å². The van der Waals surface area contributed by atoms with Gasteiger partial charge in [0.25, 0.3) is 0 Å². The zero-order valence-electron chi connectivity index (χ0n) is 19.3. The number of amides is 1. The number of piperidine rings is 1. The van der Waals surface area contributed by atoms with Crippen molar-refractivity contribution in [3.05, 3.63) is 69.2 Å². The number of carbonyl (C=O) groups is 1. The molecule has 0 bridgehead atoms. The van der Waals surface area contributed by atoms with Crippen molar-refractivity contribution in [2.24, 2.45) is 5.16 Å². The lowest BCUT2D eigenvalue weighted by Gasteiger charge is -2.31. The second-order valence-corrected chi connectivity index (χ2v) is 9.68. The number of benzene rings is 1. The fourth-order valence-electron chi connectivity index (χ4n) is 4.40. The van der Waals surface area contributed by atoms with Crippen molar-refractivity contribution in [3.8, 4) is 0 Å². The SMILES string of the molecule is Cc1cc(C(F)(F)F)nn1CC(=O)N1CCC(c2csc(C3=NOC(c4[c]cccc4F)C3)n2)CC1. The lowest BCUT2D eigenvalue weighted by molar-refractivity contribution is -0.142. The van der Waals surface area contributed by atoms with Crippen molar-refractivity contribution in [2.75, 3.05) is 13.1 Å². The topological polar surface area (TPSA) is 72.6 Å². The van der Waals surface area contributed by atoms with E-state index in [-0.39, 0.29) is 29.9 Å². The standard InChI is InChI=1S/C24H22F4N5O2S/c1-14-10-21(24(26,27)28)30-33(14)12-22(34)32-8-6-15(7-9-32)19-13-36-23(29-19)18-11-20(35-31-18)16-4-2-3-5-17(16)25/h2-3,5,10,13,15,20H,6-9,11-12H2,1H3. The maximum absolute atomic E-state index is 14.0. The van der Waals surface area contributed by atoms with Gasteiger partial charge in [0.15, 0.2) is 11.8 Å². The molecule has 12 heteroatoms. The molecule has 2 aliphatic rings. The molecular weight excluding hydrogens is 498 g/mol. The van der Waals surface area contributed by atoms with Gasteiger partial charge in [0.05, 0.1) is 5.69 Å². The van der Waals surface area contributed by atoms with E-state index in [2.05, 4.69) is 16.3 Å². The Morgan fingerprint density at radius 1 is 1.31 bits per heavy atom. The maximum atomic E-state index is 14.0. The molecule has 5 rings (SSSR count). The summed E-state index contributed by atoms with van der Waals surface area (Å²) in [5, 5.41) is 10.3.